The molecule has 0 rings (SSSR count). The lowest BCUT2D eigenvalue weighted by molar-refractivity contribution is -0.738. The second kappa shape index (κ2) is 5.07. The summed E-state index contributed by atoms with van der Waals surface area (Å²) >= 11 is 0. The largest absolute Gasteiger partial charge is 0.526 e. The van der Waals surface area contributed by atoms with Gasteiger partial charge in [-0.2, -0.15) is 9.68 Å². The first kappa shape index (κ1) is 11.3. The van der Waals surface area contributed by atoms with Gasteiger partial charge in [-0.1, -0.05) is 0 Å². The molecule has 12 heteroatoms. The molecule has 14 heavy (non-hydrogen) atoms. The van der Waals surface area contributed by atoms with Crippen molar-refractivity contribution in [1.82, 2.24) is 0 Å². The lowest BCUT2D eigenvalue weighted by Gasteiger charge is -1.97. The maximum atomic E-state index is 10.1. The molecule has 0 aromatic rings. The van der Waals surface area contributed by atoms with E-state index in [1.54, 1.807) is 0 Å². The Bertz CT molecular complexity index is 241. The van der Waals surface area contributed by atoms with Crippen LogP contribution in [0.15, 0.2) is 0 Å². The molecule has 0 spiro atoms. The summed E-state index contributed by atoms with van der Waals surface area (Å²) in [5, 5.41) is 15.8. The third kappa shape index (κ3) is 6.08. The van der Waals surface area contributed by atoms with Gasteiger partial charge in [0.15, 0.2) is 0 Å². The van der Waals surface area contributed by atoms with Crippen LogP contribution in [0.25, 0.3) is 0 Å². The quantitative estimate of drug-likeness (QED) is 0.334. The molecule has 0 N–H and O–H groups in total. The Morgan fingerprint density at radius 1 is 0.857 bits per heavy atom. The Morgan fingerprint density at radius 2 is 1.14 bits per heavy atom. The van der Waals surface area contributed by atoms with Crippen molar-refractivity contribution < 1.29 is 39.2 Å². The maximum Gasteiger partial charge on any atom is 0.526 e. The van der Waals surface area contributed by atoms with Gasteiger partial charge in [0.1, 0.15) is 0 Å². The number of hydrogen-bond donors (Lipinski definition) is 0. The molecule has 0 unspecified atom stereocenters. The summed E-state index contributed by atoms with van der Waals surface area (Å²) in [6, 6.07) is 0. The van der Waals surface area contributed by atoms with Gasteiger partial charge < -0.3 is 0 Å². The zero-order valence-corrected chi connectivity index (χ0v) is 5.98. The number of hydrogen-bond acceptors (Lipinski definition) is 10. The molecule has 0 aliphatic carbocycles. The summed E-state index contributed by atoms with van der Waals surface area (Å²) < 4.78 is 0. The van der Waals surface area contributed by atoms with Crippen LogP contribution in [-0.4, -0.2) is 22.5 Å². The third-order valence-corrected chi connectivity index (χ3v) is 0.476. The fourth-order valence-corrected chi connectivity index (χ4v) is 0.220. The van der Waals surface area contributed by atoms with Gasteiger partial charge in [0, 0.05) is 0 Å². The predicted octanol–water partition coefficient (Wildman–Crippen LogP) is -0.409. The van der Waals surface area contributed by atoms with E-state index in [1.165, 1.54) is 0 Å². The second-order valence-corrected chi connectivity index (χ2v) is 1.30. The molecule has 0 aliphatic rings. The van der Waals surface area contributed by atoms with Crippen molar-refractivity contribution in [3.8, 4) is 0 Å². The van der Waals surface area contributed by atoms with E-state index >= 15 is 0 Å². The van der Waals surface area contributed by atoms with Crippen LogP contribution in [0.4, 0.5) is 9.59 Å². The summed E-state index contributed by atoms with van der Waals surface area (Å²) in [7, 11) is 0. The van der Waals surface area contributed by atoms with Crippen molar-refractivity contribution in [2.75, 3.05) is 0 Å². The van der Waals surface area contributed by atoms with E-state index in [-0.39, 0.29) is 0 Å². The average molecular weight is 212 g/mol. The highest BCUT2D eigenvalue weighted by atomic mass is 17.3. The monoisotopic (exact) mass is 212 g/mol. The molecule has 0 saturated carbocycles. The van der Waals surface area contributed by atoms with E-state index in [1.807, 2.05) is 0 Å². The van der Waals surface area contributed by atoms with Crippen molar-refractivity contribution in [3.63, 3.8) is 0 Å². The Balaban J connectivity index is 3.72. The molecule has 0 saturated heterocycles. The smallest absolute Gasteiger partial charge is 0.214 e. The summed E-state index contributed by atoms with van der Waals surface area (Å²) in [5.74, 6) is 0. The summed E-state index contributed by atoms with van der Waals surface area (Å²) in [6.45, 7) is 0. The molecule has 0 bridgehead atoms. The standard InChI is InChI=1S/C2N2O10/c5-1(11-3(7)8)13-14-2(6)12-4(9)10. The van der Waals surface area contributed by atoms with Crippen LogP contribution in [0.1, 0.15) is 0 Å². The fourth-order valence-electron chi connectivity index (χ4n) is 0.220. The molecule has 0 aromatic heterocycles. The van der Waals surface area contributed by atoms with Gasteiger partial charge in [-0.25, -0.2) is 19.4 Å². The van der Waals surface area contributed by atoms with E-state index in [4.69, 9.17) is 0 Å². The van der Waals surface area contributed by atoms with Crippen molar-refractivity contribution in [1.29, 1.82) is 0 Å². The van der Waals surface area contributed by atoms with Gasteiger partial charge >= 0.3 is 22.5 Å². The molecule has 0 heterocycles. The lowest BCUT2D eigenvalue weighted by Crippen LogP contribution is -2.17. The van der Waals surface area contributed by atoms with Crippen LogP contribution >= 0.6 is 0 Å². The second-order valence-electron chi connectivity index (χ2n) is 1.30. The number of rotatable bonds is 2. The van der Waals surface area contributed by atoms with Crippen molar-refractivity contribution in [3.05, 3.63) is 20.2 Å². The normalized spacial score (nSPS) is 8.29. The molecule has 12 nitrogen and oxygen atoms in total. The first-order valence-corrected chi connectivity index (χ1v) is 2.49. The fraction of sp³-hybridized carbons (Fsp3) is 0. The van der Waals surface area contributed by atoms with Gasteiger partial charge in [0.05, 0.1) is 0 Å². The molecule has 0 aromatic carbocycles. The van der Waals surface area contributed by atoms with Crippen LogP contribution in [0, 0.1) is 20.2 Å². The highest BCUT2D eigenvalue weighted by Gasteiger charge is 2.15. The van der Waals surface area contributed by atoms with Crippen LogP contribution in [-0.2, 0) is 19.5 Å². The molecular formula is C2N2O10. The van der Waals surface area contributed by atoms with Gasteiger partial charge in [-0.05, 0) is 0 Å². The highest BCUT2D eigenvalue weighted by molar-refractivity contribution is 5.62. The summed E-state index contributed by atoms with van der Waals surface area (Å²) in [5.41, 5.74) is 0. The van der Waals surface area contributed by atoms with E-state index in [0.717, 1.165) is 0 Å². The summed E-state index contributed by atoms with van der Waals surface area (Å²) in [6.07, 6.45) is -4.01. The summed E-state index contributed by atoms with van der Waals surface area (Å²) in [4.78, 5) is 51.6. The Morgan fingerprint density at radius 3 is 1.36 bits per heavy atom. The highest BCUT2D eigenvalue weighted by Crippen LogP contribution is 1.91. The van der Waals surface area contributed by atoms with Crippen LogP contribution in [0.5, 0.6) is 0 Å². The van der Waals surface area contributed by atoms with Crippen LogP contribution < -0.4 is 0 Å². The van der Waals surface area contributed by atoms with Crippen molar-refractivity contribution in [2.45, 2.75) is 0 Å². The predicted molar refractivity (Wildman–Crippen MR) is 29.1 cm³/mol. The molecule has 0 amide bonds. The Kier molecular flexibility index (Phi) is 4.11. The number of carbonyl (C=O) groups is 2. The topological polar surface area (TPSA) is 157 Å². The van der Waals surface area contributed by atoms with Gasteiger partial charge in [-0.3, -0.25) is 0 Å². The minimum atomic E-state index is -2.00. The minimum Gasteiger partial charge on any atom is -0.214 e. The first-order chi connectivity index (χ1) is 6.41. The lowest BCUT2D eigenvalue weighted by atomic mass is 11.4. The maximum absolute atomic E-state index is 10.1. The van der Waals surface area contributed by atoms with Crippen molar-refractivity contribution in [2.24, 2.45) is 0 Å². The molecule has 0 fully saturated rings. The van der Waals surface area contributed by atoms with Gasteiger partial charge in [0.25, 0.3) is 0 Å². The Hall–Kier alpha value is -2.66. The SMILES string of the molecule is O=C(OOC(=O)O[N+](=O)[O-])O[N+](=O)[O-]. The zero-order valence-electron chi connectivity index (χ0n) is 5.98. The van der Waals surface area contributed by atoms with E-state index in [9.17, 15) is 29.8 Å². The van der Waals surface area contributed by atoms with Gasteiger partial charge in [0.2, 0.25) is 0 Å². The Labute approximate surface area is 73.0 Å². The molecule has 78 valence electrons. The van der Waals surface area contributed by atoms with E-state index < -0.39 is 22.5 Å². The molecule has 0 aliphatic heterocycles. The van der Waals surface area contributed by atoms with Crippen molar-refractivity contribution >= 4 is 12.3 Å². The first-order valence-electron chi connectivity index (χ1n) is 2.49. The van der Waals surface area contributed by atoms with E-state index in [2.05, 4.69) is 19.5 Å². The van der Waals surface area contributed by atoms with Gasteiger partial charge in [-0.15, -0.1) is 20.2 Å². The van der Waals surface area contributed by atoms with Crippen LogP contribution in [0.2, 0.25) is 0 Å². The zero-order chi connectivity index (χ0) is 11.1. The molecular weight excluding hydrogens is 212 g/mol. The van der Waals surface area contributed by atoms with E-state index in [0.29, 0.717) is 0 Å². The molecule has 0 atom stereocenters. The van der Waals surface area contributed by atoms with Crippen LogP contribution in [0.3, 0.4) is 0 Å². The minimum absolute atomic E-state index is 1.55. The average Bonchev–Trinajstić information content (AvgIpc) is 1.98. The number of carbonyl (C=O) groups excluding carboxylic acids is 2. The molecule has 0 radical (unpaired) electrons. The third-order valence-electron chi connectivity index (χ3n) is 0.476. The number of nitrogens with zero attached hydrogens (tertiary/aromatic N) is 2.